The van der Waals surface area contributed by atoms with E-state index in [1.54, 1.807) is 36.5 Å². The number of guanidine groups is 1. The van der Waals surface area contributed by atoms with E-state index in [9.17, 15) is 4.39 Å². The maximum Gasteiger partial charge on any atom is 0.191 e. The van der Waals surface area contributed by atoms with Crippen LogP contribution < -0.4 is 17.2 Å². The zero-order valence-corrected chi connectivity index (χ0v) is 13.8. The smallest absolute Gasteiger partial charge is 0.191 e. The second kappa shape index (κ2) is 6.78. The van der Waals surface area contributed by atoms with E-state index in [4.69, 9.17) is 28.8 Å². The Kier molecular flexibility index (Phi) is 4.54. The summed E-state index contributed by atoms with van der Waals surface area (Å²) in [6, 6.07) is 12.8. The van der Waals surface area contributed by atoms with Crippen LogP contribution in [0.2, 0.25) is 5.02 Å². The fourth-order valence-electron chi connectivity index (χ4n) is 2.43. The van der Waals surface area contributed by atoms with Crippen molar-refractivity contribution in [3.05, 3.63) is 76.7 Å². The molecule has 0 aliphatic rings. The second-order valence-electron chi connectivity index (χ2n) is 5.33. The molecule has 1 heterocycles. The van der Waals surface area contributed by atoms with Crippen LogP contribution >= 0.6 is 11.6 Å². The molecule has 0 amide bonds. The van der Waals surface area contributed by atoms with Gasteiger partial charge in [0, 0.05) is 22.7 Å². The number of hydrogen-bond donors (Lipinski definition) is 3. The van der Waals surface area contributed by atoms with Crippen LogP contribution in [0.25, 0.3) is 22.3 Å². The molecule has 25 heavy (non-hydrogen) atoms. The molecule has 0 radical (unpaired) electrons. The van der Waals surface area contributed by atoms with Crippen molar-refractivity contribution in [2.24, 2.45) is 22.2 Å². The standard InChI is InChI=1S/C18H15ClFN5/c19-14-7-8-24-15-6-3-11(9-13(14)15)16(21)17(25-18(22)23)10-1-4-12(20)5-2-10/h1-9H,21H2,(H4,22,23,25)/b17-16-. The van der Waals surface area contributed by atoms with Gasteiger partial charge in [-0.2, -0.15) is 0 Å². The highest BCUT2D eigenvalue weighted by Crippen LogP contribution is 2.28. The van der Waals surface area contributed by atoms with Crippen molar-refractivity contribution in [1.29, 1.82) is 0 Å². The molecule has 2 aromatic carbocycles. The Morgan fingerprint density at radius 2 is 1.64 bits per heavy atom. The van der Waals surface area contributed by atoms with Crippen molar-refractivity contribution in [2.45, 2.75) is 0 Å². The molecule has 1 aromatic heterocycles. The van der Waals surface area contributed by atoms with Crippen LogP contribution in [-0.4, -0.2) is 10.9 Å². The van der Waals surface area contributed by atoms with Gasteiger partial charge in [-0.3, -0.25) is 4.98 Å². The number of nitrogens with two attached hydrogens (primary N) is 3. The van der Waals surface area contributed by atoms with Crippen LogP contribution in [-0.2, 0) is 0 Å². The van der Waals surface area contributed by atoms with Gasteiger partial charge in [0.25, 0.3) is 0 Å². The van der Waals surface area contributed by atoms with Crippen molar-refractivity contribution in [2.75, 3.05) is 0 Å². The summed E-state index contributed by atoms with van der Waals surface area (Å²) in [4.78, 5) is 8.36. The van der Waals surface area contributed by atoms with E-state index in [1.165, 1.54) is 12.1 Å². The molecule has 126 valence electrons. The minimum absolute atomic E-state index is 0.150. The lowest BCUT2D eigenvalue weighted by Crippen LogP contribution is -2.23. The molecule has 6 N–H and O–H groups in total. The maximum absolute atomic E-state index is 13.2. The summed E-state index contributed by atoms with van der Waals surface area (Å²) in [5.41, 5.74) is 20.0. The van der Waals surface area contributed by atoms with E-state index in [0.717, 1.165) is 10.9 Å². The number of fused-ring (bicyclic) bond motifs is 1. The highest BCUT2D eigenvalue weighted by atomic mass is 35.5. The minimum atomic E-state index is -0.366. The third kappa shape index (κ3) is 3.54. The molecule has 3 aromatic rings. The van der Waals surface area contributed by atoms with E-state index in [2.05, 4.69) is 9.98 Å². The highest BCUT2D eigenvalue weighted by molar-refractivity contribution is 6.35. The fourth-order valence-corrected chi connectivity index (χ4v) is 2.64. The summed E-state index contributed by atoms with van der Waals surface area (Å²) in [6.45, 7) is 0. The summed E-state index contributed by atoms with van der Waals surface area (Å²) in [6.07, 6.45) is 1.63. The number of nitrogens with zero attached hydrogens (tertiary/aromatic N) is 2. The lowest BCUT2D eigenvalue weighted by Gasteiger charge is -2.10. The lowest BCUT2D eigenvalue weighted by atomic mass is 10.0. The number of rotatable bonds is 3. The van der Waals surface area contributed by atoms with Gasteiger partial charge in [0.2, 0.25) is 0 Å². The number of halogens is 2. The van der Waals surface area contributed by atoms with E-state index in [0.29, 0.717) is 27.5 Å². The van der Waals surface area contributed by atoms with E-state index < -0.39 is 0 Å². The van der Waals surface area contributed by atoms with Gasteiger partial charge in [0.05, 0.1) is 21.9 Å². The first kappa shape index (κ1) is 16.7. The monoisotopic (exact) mass is 355 g/mol. The van der Waals surface area contributed by atoms with Gasteiger partial charge in [-0.25, -0.2) is 9.38 Å². The zero-order valence-electron chi connectivity index (χ0n) is 13.1. The second-order valence-corrected chi connectivity index (χ2v) is 5.74. The normalized spacial score (nSPS) is 11.9. The number of pyridine rings is 1. The Hall–Kier alpha value is -3.12. The molecule has 0 fully saturated rings. The third-order valence-electron chi connectivity index (χ3n) is 3.61. The molecule has 0 unspecified atom stereocenters. The van der Waals surface area contributed by atoms with E-state index in [-0.39, 0.29) is 11.8 Å². The molecule has 3 rings (SSSR count). The summed E-state index contributed by atoms with van der Waals surface area (Å²) < 4.78 is 13.2. The van der Waals surface area contributed by atoms with Crippen LogP contribution in [0.4, 0.5) is 4.39 Å². The zero-order chi connectivity index (χ0) is 18.0. The molecule has 0 atom stereocenters. The SMILES string of the molecule is NC(N)=N/C(=C(\N)c1ccc2nccc(Cl)c2c1)c1ccc(F)cc1. The molecule has 7 heteroatoms. The highest BCUT2D eigenvalue weighted by Gasteiger charge is 2.11. The first-order valence-electron chi connectivity index (χ1n) is 7.35. The summed E-state index contributed by atoms with van der Waals surface area (Å²) in [5, 5.41) is 1.32. The topological polar surface area (TPSA) is 103 Å². The van der Waals surface area contributed by atoms with Crippen LogP contribution in [0.1, 0.15) is 11.1 Å². The summed E-state index contributed by atoms with van der Waals surface area (Å²) >= 11 is 6.23. The van der Waals surface area contributed by atoms with Crippen molar-refractivity contribution < 1.29 is 4.39 Å². The molecule has 0 bridgehead atoms. The Labute approximate surface area is 148 Å². The van der Waals surface area contributed by atoms with E-state index >= 15 is 0 Å². The summed E-state index contributed by atoms with van der Waals surface area (Å²) in [5.74, 6) is -0.516. The number of hydrogen-bond acceptors (Lipinski definition) is 3. The number of benzene rings is 2. The number of aliphatic imine (C=N–C) groups is 1. The molecular weight excluding hydrogens is 341 g/mol. The van der Waals surface area contributed by atoms with Gasteiger partial charge >= 0.3 is 0 Å². The molecule has 0 spiro atoms. The van der Waals surface area contributed by atoms with Crippen LogP contribution in [0.3, 0.4) is 0 Å². The van der Waals surface area contributed by atoms with Crippen molar-refractivity contribution >= 4 is 39.9 Å². The first-order valence-corrected chi connectivity index (χ1v) is 7.73. The third-order valence-corrected chi connectivity index (χ3v) is 3.94. The number of aromatic nitrogens is 1. The fraction of sp³-hybridized carbons (Fsp3) is 0. The van der Waals surface area contributed by atoms with Crippen molar-refractivity contribution in [3.63, 3.8) is 0 Å². The van der Waals surface area contributed by atoms with E-state index in [1.807, 2.05) is 6.07 Å². The van der Waals surface area contributed by atoms with Crippen LogP contribution in [0.5, 0.6) is 0 Å². The summed E-state index contributed by atoms with van der Waals surface area (Å²) in [7, 11) is 0. The molecule has 0 saturated heterocycles. The van der Waals surface area contributed by atoms with Gasteiger partial charge in [0.15, 0.2) is 5.96 Å². The Morgan fingerprint density at radius 1 is 0.960 bits per heavy atom. The molecule has 0 aliphatic carbocycles. The predicted molar refractivity (Wildman–Crippen MR) is 100.0 cm³/mol. The molecule has 0 saturated carbocycles. The van der Waals surface area contributed by atoms with Crippen LogP contribution in [0.15, 0.2) is 59.7 Å². The molecule has 0 aliphatic heterocycles. The largest absolute Gasteiger partial charge is 0.396 e. The molecule has 5 nitrogen and oxygen atoms in total. The maximum atomic E-state index is 13.2. The molecular formula is C18H15ClFN5. The Balaban J connectivity index is 2.21. The van der Waals surface area contributed by atoms with Gasteiger partial charge in [-0.15, -0.1) is 0 Å². The van der Waals surface area contributed by atoms with Gasteiger partial charge in [0.1, 0.15) is 5.82 Å². The first-order chi connectivity index (χ1) is 12.0. The van der Waals surface area contributed by atoms with Crippen molar-refractivity contribution in [1.82, 2.24) is 4.98 Å². The average Bonchev–Trinajstić information content (AvgIpc) is 2.60. The Morgan fingerprint density at radius 3 is 2.32 bits per heavy atom. The van der Waals surface area contributed by atoms with Gasteiger partial charge in [-0.1, -0.05) is 17.7 Å². The minimum Gasteiger partial charge on any atom is -0.396 e. The van der Waals surface area contributed by atoms with Crippen molar-refractivity contribution in [3.8, 4) is 0 Å². The predicted octanol–water partition coefficient (Wildman–Crippen LogP) is 3.09. The van der Waals surface area contributed by atoms with Gasteiger partial charge < -0.3 is 17.2 Å². The quantitative estimate of drug-likeness (QED) is 0.381. The Bertz CT molecular complexity index is 992. The van der Waals surface area contributed by atoms with Crippen LogP contribution in [0, 0.1) is 5.82 Å². The van der Waals surface area contributed by atoms with Gasteiger partial charge in [-0.05, 0) is 42.5 Å². The lowest BCUT2D eigenvalue weighted by molar-refractivity contribution is 0.627. The average molecular weight is 356 g/mol.